The van der Waals surface area contributed by atoms with E-state index in [2.05, 4.69) is 25.1 Å². The molecule has 0 saturated carbocycles. The van der Waals surface area contributed by atoms with Crippen molar-refractivity contribution in [1.82, 2.24) is 0 Å². The first-order valence-corrected chi connectivity index (χ1v) is 7.78. The normalized spacial score (nSPS) is 15.1. The number of ether oxygens (including phenoxy) is 2. The van der Waals surface area contributed by atoms with E-state index in [0.717, 1.165) is 29.9 Å². The van der Waals surface area contributed by atoms with E-state index in [0.29, 0.717) is 0 Å². The van der Waals surface area contributed by atoms with Crippen LogP contribution in [0, 0.1) is 6.07 Å². The van der Waals surface area contributed by atoms with Crippen molar-refractivity contribution in [1.29, 1.82) is 0 Å². The van der Waals surface area contributed by atoms with E-state index in [9.17, 15) is 0 Å². The first-order chi connectivity index (χ1) is 10.3. The van der Waals surface area contributed by atoms with Gasteiger partial charge in [-0.2, -0.15) is 0 Å². The molecular formula is C19H21O2. The summed E-state index contributed by atoms with van der Waals surface area (Å²) in [6.45, 7) is 2.22. The maximum absolute atomic E-state index is 6.22. The number of unbranched alkanes of at least 4 members (excludes halogenated alkanes) is 3. The van der Waals surface area contributed by atoms with Crippen molar-refractivity contribution in [2.45, 2.75) is 44.8 Å². The first kappa shape index (κ1) is 14.0. The summed E-state index contributed by atoms with van der Waals surface area (Å²) in [5.74, 6) is 0.928. The molecule has 0 fully saturated rings. The van der Waals surface area contributed by atoms with Crippen LogP contribution in [-0.4, -0.2) is 0 Å². The lowest BCUT2D eigenvalue weighted by Gasteiger charge is -2.28. The van der Waals surface area contributed by atoms with Gasteiger partial charge in [0.1, 0.15) is 0 Å². The van der Waals surface area contributed by atoms with Crippen molar-refractivity contribution < 1.29 is 9.47 Å². The third-order valence-electron chi connectivity index (χ3n) is 3.91. The van der Waals surface area contributed by atoms with E-state index in [1.165, 1.54) is 19.3 Å². The number of benzene rings is 2. The van der Waals surface area contributed by atoms with Gasteiger partial charge in [-0.05, 0) is 24.6 Å². The van der Waals surface area contributed by atoms with Crippen molar-refractivity contribution in [3.8, 4) is 11.5 Å². The summed E-state index contributed by atoms with van der Waals surface area (Å²) in [5, 5.41) is 0. The Hall–Kier alpha value is -1.96. The number of hydrogen-bond donors (Lipinski definition) is 0. The van der Waals surface area contributed by atoms with Gasteiger partial charge in [-0.25, -0.2) is 0 Å². The molecule has 1 radical (unpaired) electrons. The Morgan fingerprint density at radius 2 is 1.76 bits per heavy atom. The highest BCUT2D eigenvalue weighted by atomic mass is 16.7. The van der Waals surface area contributed by atoms with Crippen LogP contribution < -0.4 is 9.47 Å². The Morgan fingerprint density at radius 3 is 2.52 bits per heavy atom. The number of hydrogen-bond acceptors (Lipinski definition) is 2. The summed E-state index contributed by atoms with van der Waals surface area (Å²) in [6.07, 6.45) is 5.66. The van der Waals surface area contributed by atoms with Crippen LogP contribution in [0.1, 0.15) is 44.6 Å². The molecule has 1 aliphatic rings. The van der Waals surface area contributed by atoms with Crippen LogP contribution in [0.15, 0.2) is 48.5 Å². The number of fused-ring (bicyclic) bond motifs is 1. The van der Waals surface area contributed by atoms with Crippen molar-refractivity contribution >= 4 is 0 Å². The molecule has 0 aromatic heterocycles. The van der Waals surface area contributed by atoms with Crippen molar-refractivity contribution in [2.75, 3.05) is 0 Å². The fraction of sp³-hybridized carbons (Fsp3) is 0.368. The molecule has 2 aromatic rings. The maximum Gasteiger partial charge on any atom is 0.278 e. The molecule has 0 N–H and O–H groups in total. The fourth-order valence-electron chi connectivity index (χ4n) is 2.78. The van der Waals surface area contributed by atoms with Crippen LogP contribution in [0.2, 0.25) is 0 Å². The van der Waals surface area contributed by atoms with Crippen molar-refractivity contribution in [3.63, 3.8) is 0 Å². The van der Waals surface area contributed by atoms with Gasteiger partial charge in [0.25, 0.3) is 5.79 Å². The lowest BCUT2D eigenvalue weighted by Crippen LogP contribution is -2.35. The molecule has 2 nitrogen and oxygen atoms in total. The lowest BCUT2D eigenvalue weighted by molar-refractivity contribution is -0.0946. The Morgan fingerprint density at radius 1 is 0.952 bits per heavy atom. The minimum atomic E-state index is -0.674. The Labute approximate surface area is 126 Å². The SMILES string of the molecule is CCCCCCC1(c2ccccc2)Oc2c[c]ccc2O1. The van der Waals surface area contributed by atoms with E-state index in [1.807, 2.05) is 36.4 Å². The molecule has 1 heterocycles. The zero-order valence-corrected chi connectivity index (χ0v) is 12.5. The van der Waals surface area contributed by atoms with Crippen LogP contribution >= 0.6 is 0 Å². The summed E-state index contributed by atoms with van der Waals surface area (Å²) >= 11 is 0. The zero-order chi connectivity index (χ0) is 14.5. The third kappa shape index (κ3) is 2.90. The van der Waals surface area contributed by atoms with Gasteiger partial charge in [0.05, 0.1) is 0 Å². The molecule has 1 aliphatic heterocycles. The first-order valence-electron chi connectivity index (χ1n) is 7.78. The largest absolute Gasteiger partial charge is 0.444 e. The van der Waals surface area contributed by atoms with E-state index in [1.54, 1.807) is 0 Å². The average Bonchev–Trinajstić information content (AvgIpc) is 2.92. The van der Waals surface area contributed by atoms with Gasteiger partial charge < -0.3 is 9.47 Å². The minimum absolute atomic E-state index is 0.674. The second kappa shape index (κ2) is 6.21. The fourth-order valence-corrected chi connectivity index (χ4v) is 2.78. The summed E-state index contributed by atoms with van der Waals surface area (Å²) in [6, 6.07) is 18.9. The van der Waals surface area contributed by atoms with Crippen LogP contribution in [0.25, 0.3) is 0 Å². The highest BCUT2D eigenvalue weighted by molar-refractivity contribution is 5.44. The van der Waals surface area contributed by atoms with Crippen LogP contribution in [0.5, 0.6) is 11.5 Å². The smallest absolute Gasteiger partial charge is 0.278 e. The summed E-state index contributed by atoms with van der Waals surface area (Å²) in [5.41, 5.74) is 1.08. The van der Waals surface area contributed by atoms with Gasteiger partial charge >= 0.3 is 0 Å². The standard InChI is InChI=1S/C19H21O2/c1-2-3-4-10-15-19(16-11-6-5-7-12-16)20-17-13-8-9-14-18(17)21-19/h5-8,11-14H,2-4,10,15H2,1H3. The molecule has 0 spiro atoms. The molecule has 21 heavy (non-hydrogen) atoms. The molecule has 1 unspecified atom stereocenters. The quantitative estimate of drug-likeness (QED) is 0.687. The molecule has 2 heteroatoms. The van der Waals surface area contributed by atoms with Gasteiger partial charge in [-0.15, -0.1) is 0 Å². The summed E-state index contributed by atoms with van der Waals surface area (Å²) in [7, 11) is 0. The summed E-state index contributed by atoms with van der Waals surface area (Å²) in [4.78, 5) is 0. The second-order valence-electron chi connectivity index (χ2n) is 5.51. The maximum atomic E-state index is 6.22. The molecular weight excluding hydrogens is 260 g/mol. The molecule has 2 aromatic carbocycles. The Balaban J connectivity index is 1.84. The average molecular weight is 281 g/mol. The highest BCUT2D eigenvalue weighted by Gasteiger charge is 2.42. The monoisotopic (exact) mass is 281 g/mol. The van der Waals surface area contributed by atoms with Gasteiger partial charge in [-0.1, -0.05) is 62.6 Å². The van der Waals surface area contributed by atoms with Crippen molar-refractivity contribution in [2.24, 2.45) is 0 Å². The summed E-state index contributed by atoms with van der Waals surface area (Å²) < 4.78 is 12.4. The molecule has 109 valence electrons. The molecule has 0 bridgehead atoms. The van der Waals surface area contributed by atoms with E-state index in [4.69, 9.17) is 9.47 Å². The zero-order valence-electron chi connectivity index (χ0n) is 12.5. The van der Waals surface area contributed by atoms with E-state index < -0.39 is 5.79 Å². The number of rotatable bonds is 6. The minimum Gasteiger partial charge on any atom is -0.444 e. The third-order valence-corrected chi connectivity index (χ3v) is 3.91. The topological polar surface area (TPSA) is 18.5 Å². The van der Waals surface area contributed by atoms with E-state index >= 15 is 0 Å². The van der Waals surface area contributed by atoms with Crippen LogP contribution in [-0.2, 0) is 5.79 Å². The van der Waals surface area contributed by atoms with Gasteiger partial charge in [0.15, 0.2) is 11.5 Å². The van der Waals surface area contributed by atoms with Gasteiger partial charge in [0.2, 0.25) is 0 Å². The molecule has 3 rings (SSSR count). The van der Waals surface area contributed by atoms with Crippen LogP contribution in [0.3, 0.4) is 0 Å². The Kier molecular flexibility index (Phi) is 4.14. The second-order valence-corrected chi connectivity index (χ2v) is 5.51. The van der Waals surface area contributed by atoms with Crippen molar-refractivity contribution in [3.05, 3.63) is 60.2 Å². The Bertz CT molecular complexity index is 552. The van der Waals surface area contributed by atoms with Gasteiger partial charge in [-0.3, -0.25) is 0 Å². The predicted molar refractivity (Wildman–Crippen MR) is 83.4 cm³/mol. The van der Waals surface area contributed by atoms with Gasteiger partial charge in [0, 0.05) is 12.0 Å². The van der Waals surface area contributed by atoms with E-state index in [-0.39, 0.29) is 0 Å². The highest BCUT2D eigenvalue weighted by Crippen LogP contribution is 2.46. The molecule has 0 saturated heterocycles. The lowest BCUT2D eigenvalue weighted by atomic mass is 9.98. The molecule has 1 atom stereocenters. The molecule has 0 amide bonds. The van der Waals surface area contributed by atoms with Crippen LogP contribution in [0.4, 0.5) is 0 Å². The molecule has 0 aliphatic carbocycles. The predicted octanol–water partition coefficient (Wildman–Crippen LogP) is 5.08.